The molecule has 0 fully saturated rings. The second-order valence-corrected chi connectivity index (χ2v) is 19.7. The van der Waals surface area contributed by atoms with Crippen molar-refractivity contribution in [2.75, 3.05) is 0 Å². The summed E-state index contributed by atoms with van der Waals surface area (Å²) in [6, 6.07) is 81.8. The number of hydrogen-bond acceptors (Lipinski definition) is 5. The number of fused-ring (bicyclic) bond motifs is 6. The van der Waals surface area contributed by atoms with Crippen LogP contribution in [-0.4, -0.2) is 19.5 Å². The Morgan fingerprint density at radius 3 is 1.63 bits per heavy atom. The van der Waals surface area contributed by atoms with Gasteiger partial charge >= 0.3 is 0 Å². The van der Waals surface area contributed by atoms with Crippen LogP contribution >= 0.6 is 11.3 Å². The zero-order valence-electron chi connectivity index (χ0n) is 40.2. The lowest BCUT2D eigenvalue weighted by Crippen LogP contribution is -2.04. The van der Waals surface area contributed by atoms with Crippen LogP contribution in [0.25, 0.3) is 126 Å². The zero-order chi connectivity index (χ0) is 49.0. The molecule has 0 amide bonds. The number of rotatable bonds is 9. The average molecular weight is 952 g/mol. The van der Waals surface area contributed by atoms with E-state index in [0.29, 0.717) is 23.0 Å². The Labute approximate surface area is 427 Å². The van der Waals surface area contributed by atoms with Crippen molar-refractivity contribution in [3.63, 3.8) is 0 Å². The highest BCUT2D eigenvalue weighted by Gasteiger charge is 2.24. The minimum atomic E-state index is 0.573. The molecule has 344 valence electrons. The molecule has 13 aromatic rings. The monoisotopic (exact) mass is 951 g/mol. The van der Waals surface area contributed by atoms with E-state index in [0.717, 1.165) is 89.5 Å². The van der Waals surface area contributed by atoms with Gasteiger partial charge in [-0.1, -0.05) is 171 Å². The SMILES string of the molecule is CCc1ccccc1-c1ccc(-c2nc(-c3cc(-c4ccccc4)c(-n4c5ccc(C#N)cc5c5cc(-c6ccccc6)ccc54)c(-c4ccccc4)c3)nc(-c3ccc4c(c3)sc3ccccc34)n2)cc1C. The summed E-state index contributed by atoms with van der Waals surface area (Å²) in [4.78, 5) is 16.2. The quantitative estimate of drug-likeness (QED) is 0.145. The Hall–Kier alpha value is -9.28. The first-order valence-corrected chi connectivity index (χ1v) is 25.5. The molecule has 0 N–H and O–H groups in total. The van der Waals surface area contributed by atoms with Crippen LogP contribution in [0.2, 0.25) is 0 Å². The van der Waals surface area contributed by atoms with Gasteiger partial charge in [-0.05, 0) is 119 Å². The lowest BCUT2D eigenvalue weighted by Gasteiger charge is -2.21. The van der Waals surface area contributed by atoms with Crippen molar-refractivity contribution >= 4 is 53.3 Å². The molecule has 73 heavy (non-hydrogen) atoms. The Bertz CT molecular complexity index is 4260. The third-order valence-electron chi connectivity index (χ3n) is 14.2. The maximum Gasteiger partial charge on any atom is 0.164 e. The minimum Gasteiger partial charge on any atom is -0.308 e. The van der Waals surface area contributed by atoms with Gasteiger partial charge in [-0.15, -0.1) is 11.3 Å². The van der Waals surface area contributed by atoms with Crippen molar-refractivity contribution in [1.29, 1.82) is 5.26 Å². The number of benzene rings is 10. The molecule has 0 radical (unpaired) electrons. The molecule has 0 aliphatic heterocycles. The molecular weight excluding hydrogens is 907 g/mol. The second-order valence-electron chi connectivity index (χ2n) is 18.6. The van der Waals surface area contributed by atoms with Crippen LogP contribution in [-0.2, 0) is 6.42 Å². The van der Waals surface area contributed by atoms with Gasteiger partial charge in [0, 0.05) is 58.8 Å². The molecule has 0 aliphatic rings. The zero-order valence-corrected chi connectivity index (χ0v) is 41.0. The maximum atomic E-state index is 10.2. The van der Waals surface area contributed by atoms with E-state index in [9.17, 15) is 5.26 Å². The highest BCUT2D eigenvalue weighted by molar-refractivity contribution is 7.25. The number of hydrogen-bond donors (Lipinski definition) is 0. The van der Waals surface area contributed by atoms with Crippen LogP contribution in [0.4, 0.5) is 0 Å². The third-order valence-corrected chi connectivity index (χ3v) is 15.3. The van der Waals surface area contributed by atoms with E-state index in [1.54, 1.807) is 11.3 Å². The highest BCUT2D eigenvalue weighted by atomic mass is 32.1. The maximum absolute atomic E-state index is 10.2. The molecule has 0 atom stereocenters. The van der Waals surface area contributed by atoms with Crippen LogP contribution in [0, 0.1) is 18.3 Å². The van der Waals surface area contributed by atoms with E-state index in [1.165, 1.54) is 36.9 Å². The van der Waals surface area contributed by atoms with Crippen LogP contribution in [0.15, 0.2) is 224 Å². The molecule has 13 rings (SSSR count). The fourth-order valence-electron chi connectivity index (χ4n) is 10.6. The summed E-state index contributed by atoms with van der Waals surface area (Å²) >= 11 is 1.79. The fourth-order valence-corrected chi connectivity index (χ4v) is 11.8. The Morgan fingerprint density at radius 2 is 0.959 bits per heavy atom. The number of thiophene rings is 1. The molecule has 0 bridgehead atoms. The number of aromatic nitrogens is 4. The normalized spacial score (nSPS) is 11.5. The molecule has 6 heteroatoms. The Kier molecular flexibility index (Phi) is 10.9. The van der Waals surface area contributed by atoms with E-state index in [-0.39, 0.29) is 0 Å². The fraction of sp³-hybridized carbons (Fsp3) is 0.0448. The van der Waals surface area contributed by atoms with Gasteiger partial charge in [-0.3, -0.25) is 0 Å². The minimum absolute atomic E-state index is 0.573. The van der Waals surface area contributed by atoms with E-state index in [4.69, 9.17) is 15.0 Å². The van der Waals surface area contributed by atoms with Crippen LogP contribution in [0.1, 0.15) is 23.6 Å². The topological polar surface area (TPSA) is 67.4 Å². The molecule has 0 aliphatic carbocycles. The predicted molar refractivity (Wildman–Crippen MR) is 304 cm³/mol. The van der Waals surface area contributed by atoms with E-state index >= 15 is 0 Å². The number of nitrogens with zero attached hydrogens (tertiary/aromatic N) is 5. The van der Waals surface area contributed by atoms with E-state index in [2.05, 4.69) is 231 Å². The lowest BCUT2D eigenvalue weighted by molar-refractivity contribution is 1.07. The second kappa shape index (κ2) is 18.2. The number of nitriles is 1. The van der Waals surface area contributed by atoms with Crippen molar-refractivity contribution in [2.45, 2.75) is 20.3 Å². The molecule has 0 saturated carbocycles. The van der Waals surface area contributed by atoms with Gasteiger partial charge in [0.05, 0.1) is 28.4 Å². The van der Waals surface area contributed by atoms with Gasteiger partial charge in [0.2, 0.25) is 0 Å². The summed E-state index contributed by atoms with van der Waals surface area (Å²) < 4.78 is 4.82. The van der Waals surface area contributed by atoms with Crippen molar-refractivity contribution in [3.8, 4) is 90.4 Å². The summed E-state index contributed by atoms with van der Waals surface area (Å²) in [5, 5.41) is 14.8. The molecule has 0 spiro atoms. The first-order chi connectivity index (χ1) is 36.0. The lowest BCUT2D eigenvalue weighted by atomic mass is 9.92. The summed E-state index contributed by atoms with van der Waals surface area (Å²) in [5.74, 6) is 1.78. The largest absolute Gasteiger partial charge is 0.308 e. The third kappa shape index (κ3) is 7.75. The molecular formula is C67H45N5S. The molecule has 3 aromatic heterocycles. The Balaban J connectivity index is 1.08. The molecule has 3 heterocycles. The van der Waals surface area contributed by atoms with Gasteiger partial charge in [0.1, 0.15) is 0 Å². The summed E-state index contributed by atoms with van der Waals surface area (Å²) in [6.07, 6.45) is 0.949. The molecule has 5 nitrogen and oxygen atoms in total. The van der Waals surface area contributed by atoms with Crippen LogP contribution in [0.3, 0.4) is 0 Å². The average Bonchev–Trinajstić information content (AvgIpc) is 3.99. The first-order valence-electron chi connectivity index (χ1n) is 24.7. The Morgan fingerprint density at radius 1 is 0.411 bits per heavy atom. The molecule has 0 saturated heterocycles. The van der Waals surface area contributed by atoms with Gasteiger partial charge in [-0.25, -0.2) is 15.0 Å². The van der Waals surface area contributed by atoms with Gasteiger partial charge < -0.3 is 4.57 Å². The van der Waals surface area contributed by atoms with Gasteiger partial charge in [0.15, 0.2) is 17.5 Å². The standard InChI is InChI=1S/C67H45N5S/c1-3-44-17-13-14-24-53(44)52-31-28-49(35-42(52)2)65-69-66(50-29-32-55-54-25-15-16-26-62(54)73-63(55)40-50)71-67(70-65)51-38-56(46-20-9-5-10-21-46)64(57(39-51)47-22-11-6-12-23-47)72-60-33-27-43(41-68)36-58(60)59-37-48(30-34-61(59)72)45-18-7-4-8-19-45/h4-40H,3H2,1-2H3. The van der Waals surface area contributed by atoms with Gasteiger partial charge in [-0.2, -0.15) is 5.26 Å². The molecule has 0 unspecified atom stereocenters. The summed E-state index contributed by atoms with van der Waals surface area (Å²) in [7, 11) is 0. The van der Waals surface area contributed by atoms with Crippen molar-refractivity contribution in [2.24, 2.45) is 0 Å². The van der Waals surface area contributed by atoms with E-state index < -0.39 is 0 Å². The smallest absolute Gasteiger partial charge is 0.164 e. The number of aryl methyl sites for hydroxylation is 2. The van der Waals surface area contributed by atoms with Crippen molar-refractivity contribution in [3.05, 3.63) is 241 Å². The summed E-state index contributed by atoms with van der Waals surface area (Å²) in [5.41, 5.74) is 17.6. The summed E-state index contributed by atoms with van der Waals surface area (Å²) in [6.45, 7) is 4.39. The first kappa shape index (κ1) is 43.7. The van der Waals surface area contributed by atoms with Crippen LogP contribution < -0.4 is 0 Å². The van der Waals surface area contributed by atoms with Crippen molar-refractivity contribution in [1.82, 2.24) is 19.5 Å². The van der Waals surface area contributed by atoms with E-state index in [1.807, 2.05) is 18.2 Å². The van der Waals surface area contributed by atoms with Gasteiger partial charge in [0.25, 0.3) is 0 Å². The predicted octanol–water partition coefficient (Wildman–Crippen LogP) is 17.7. The van der Waals surface area contributed by atoms with Crippen LogP contribution in [0.5, 0.6) is 0 Å². The highest BCUT2D eigenvalue weighted by Crippen LogP contribution is 2.45. The molecule has 10 aromatic carbocycles. The van der Waals surface area contributed by atoms with Crippen molar-refractivity contribution < 1.29 is 0 Å².